The van der Waals surface area contributed by atoms with E-state index in [1.54, 1.807) is 0 Å². The first-order valence-corrected chi connectivity index (χ1v) is 6.11. The number of hydrogen-bond donors (Lipinski definition) is 1. The molecular formula is C13H20N2O. The van der Waals surface area contributed by atoms with E-state index in [1.165, 1.54) is 24.1 Å². The molecule has 0 radical (unpaired) electrons. The first kappa shape index (κ1) is 11.4. The summed E-state index contributed by atoms with van der Waals surface area (Å²) in [7, 11) is 0. The Morgan fingerprint density at radius 3 is 3.19 bits per heavy atom. The molecule has 1 fully saturated rings. The molecule has 1 N–H and O–H groups in total. The van der Waals surface area contributed by atoms with Crippen molar-refractivity contribution >= 4 is 5.69 Å². The Morgan fingerprint density at radius 2 is 2.44 bits per heavy atom. The largest absolute Gasteiger partial charge is 0.396 e. The van der Waals surface area contributed by atoms with Crippen LogP contribution in [-0.2, 0) is 0 Å². The van der Waals surface area contributed by atoms with E-state index < -0.39 is 0 Å². The van der Waals surface area contributed by atoms with Gasteiger partial charge in [-0.2, -0.15) is 0 Å². The van der Waals surface area contributed by atoms with Crippen LogP contribution in [0.15, 0.2) is 18.5 Å². The lowest BCUT2D eigenvalue weighted by atomic mass is 10.1. The second-order valence-electron chi connectivity index (χ2n) is 4.52. The Kier molecular flexibility index (Phi) is 3.78. The fourth-order valence-corrected chi connectivity index (χ4v) is 2.57. The molecule has 0 saturated carbocycles. The number of aryl methyl sites for hydroxylation is 1. The van der Waals surface area contributed by atoms with Gasteiger partial charge in [-0.1, -0.05) is 0 Å². The summed E-state index contributed by atoms with van der Waals surface area (Å²) in [6, 6.07) is 2.71. The molecule has 0 aliphatic carbocycles. The van der Waals surface area contributed by atoms with E-state index in [4.69, 9.17) is 5.11 Å². The number of aliphatic hydroxyl groups excluding tert-OH is 1. The van der Waals surface area contributed by atoms with Gasteiger partial charge in [-0.15, -0.1) is 0 Å². The van der Waals surface area contributed by atoms with E-state index in [0.29, 0.717) is 12.6 Å². The van der Waals surface area contributed by atoms with Crippen molar-refractivity contribution in [1.29, 1.82) is 0 Å². The van der Waals surface area contributed by atoms with Crippen molar-refractivity contribution in [2.75, 3.05) is 18.1 Å². The standard InChI is InChI=1S/C13H20N2O/c1-11-10-14-7-6-13(11)15-8-2-4-12(15)5-3-9-16/h6-7,10,12,16H,2-5,8-9H2,1H3. The van der Waals surface area contributed by atoms with Gasteiger partial charge < -0.3 is 10.0 Å². The normalized spacial score (nSPS) is 20.4. The Labute approximate surface area is 97.1 Å². The number of aromatic nitrogens is 1. The summed E-state index contributed by atoms with van der Waals surface area (Å²) in [5.74, 6) is 0. The van der Waals surface area contributed by atoms with Crippen molar-refractivity contribution in [3.05, 3.63) is 24.0 Å². The van der Waals surface area contributed by atoms with Crippen LogP contribution in [0.4, 0.5) is 5.69 Å². The maximum absolute atomic E-state index is 8.91. The third-order valence-electron chi connectivity index (χ3n) is 3.37. The molecule has 0 aromatic carbocycles. The predicted molar refractivity (Wildman–Crippen MR) is 65.7 cm³/mol. The maximum atomic E-state index is 8.91. The summed E-state index contributed by atoms with van der Waals surface area (Å²) < 4.78 is 0. The first-order chi connectivity index (χ1) is 7.83. The van der Waals surface area contributed by atoms with Gasteiger partial charge in [-0.25, -0.2) is 0 Å². The molecule has 1 aliphatic rings. The monoisotopic (exact) mass is 220 g/mol. The second kappa shape index (κ2) is 5.30. The molecule has 0 amide bonds. The van der Waals surface area contributed by atoms with Gasteiger partial charge in [-0.05, 0) is 44.2 Å². The predicted octanol–water partition coefficient (Wildman–Crippen LogP) is 2.13. The first-order valence-electron chi connectivity index (χ1n) is 6.11. The molecule has 0 spiro atoms. The van der Waals surface area contributed by atoms with E-state index >= 15 is 0 Å². The van der Waals surface area contributed by atoms with Crippen LogP contribution >= 0.6 is 0 Å². The quantitative estimate of drug-likeness (QED) is 0.844. The highest BCUT2D eigenvalue weighted by Crippen LogP contribution is 2.29. The van der Waals surface area contributed by atoms with Gasteiger partial charge >= 0.3 is 0 Å². The average molecular weight is 220 g/mol. The van der Waals surface area contributed by atoms with Crippen LogP contribution in [-0.4, -0.2) is 29.3 Å². The smallest absolute Gasteiger partial charge is 0.0431 e. The fourth-order valence-electron chi connectivity index (χ4n) is 2.57. The van der Waals surface area contributed by atoms with Crippen molar-refractivity contribution < 1.29 is 5.11 Å². The molecule has 0 bridgehead atoms. The highest BCUT2D eigenvalue weighted by Gasteiger charge is 2.24. The number of pyridine rings is 1. The zero-order valence-corrected chi connectivity index (χ0v) is 9.89. The van der Waals surface area contributed by atoms with Crippen LogP contribution < -0.4 is 4.90 Å². The van der Waals surface area contributed by atoms with Gasteiger partial charge in [0.15, 0.2) is 0 Å². The summed E-state index contributed by atoms with van der Waals surface area (Å²) in [4.78, 5) is 6.62. The van der Waals surface area contributed by atoms with Gasteiger partial charge in [0.1, 0.15) is 0 Å². The minimum Gasteiger partial charge on any atom is -0.396 e. The molecule has 3 heteroatoms. The van der Waals surface area contributed by atoms with Crippen molar-refractivity contribution in [2.45, 2.75) is 38.6 Å². The molecule has 3 nitrogen and oxygen atoms in total. The Hall–Kier alpha value is -1.09. The van der Waals surface area contributed by atoms with Crippen molar-refractivity contribution in [2.24, 2.45) is 0 Å². The van der Waals surface area contributed by atoms with Gasteiger partial charge in [0.25, 0.3) is 0 Å². The van der Waals surface area contributed by atoms with E-state index in [-0.39, 0.29) is 0 Å². The number of nitrogens with zero attached hydrogens (tertiary/aromatic N) is 2. The van der Waals surface area contributed by atoms with E-state index in [2.05, 4.69) is 22.9 Å². The molecule has 1 unspecified atom stereocenters. The zero-order chi connectivity index (χ0) is 11.4. The van der Waals surface area contributed by atoms with Crippen molar-refractivity contribution in [3.8, 4) is 0 Å². The summed E-state index contributed by atoms with van der Waals surface area (Å²) in [6.45, 7) is 3.56. The van der Waals surface area contributed by atoms with Crippen LogP contribution in [0.5, 0.6) is 0 Å². The fraction of sp³-hybridized carbons (Fsp3) is 0.615. The van der Waals surface area contributed by atoms with Gasteiger partial charge in [-0.3, -0.25) is 4.98 Å². The zero-order valence-electron chi connectivity index (χ0n) is 9.89. The molecule has 2 heterocycles. The molecule has 16 heavy (non-hydrogen) atoms. The Balaban J connectivity index is 2.10. The molecular weight excluding hydrogens is 200 g/mol. The van der Waals surface area contributed by atoms with Crippen LogP contribution in [0, 0.1) is 6.92 Å². The Morgan fingerprint density at radius 1 is 1.56 bits per heavy atom. The summed E-state index contributed by atoms with van der Waals surface area (Å²) >= 11 is 0. The second-order valence-corrected chi connectivity index (χ2v) is 4.52. The lowest BCUT2D eigenvalue weighted by Crippen LogP contribution is -2.29. The van der Waals surface area contributed by atoms with Gasteiger partial charge in [0.2, 0.25) is 0 Å². The SMILES string of the molecule is Cc1cnccc1N1CCCC1CCCO. The summed E-state index contributed by atoms with van der Waals surface area (Å²) in [5.41, 5.74) is 2.56. The summed E-state index contributed by atoms with van der Waals surface area (Å²) in [5, 5.41) is 8.91. The number of anilines is 1. The third-order valence-corrected chi connectivity index (χ3v) is 3.37. The number of aliphatic hydroxyl groups is 1. The van der Waals surface area contributed by atoms with Crippen LogP contribution in [0.3, 0.4) is 0 Å². The van der Waals surface area contributed by atoms with E-state index in [1.807, 2.05) is 12.4 Å². The minimum atomic E-state index is 0.305. The summed E-state index contributed by atoms with van der Waals surface area (Å²) in [6.07, 6.45) is 8.31. The van der Waals surface area contributed by atoms with E-state index in [0.717, 1.165) is 19.4 Å². The maximum Gasteiger partial charge on any atom is 0.0431 e. The minimum absolute atomic E-state index is 0.305. The van der Waals surface area contributed by atoms with E-state index in [9.17, 15) is 0 Å². The lowest BCUT2D eigenvalue weighted by Gasteiger charge is -2.28. The van der Waals surface area contributed by atoms with Gasteiger partial charge in [0, 0.05) is 37.3 Å². The molecule has 1 atom stereocenters. The van der Waals surface area contributed by atoms with Crippen LogP contribution in [0.1, 0.15) is 31.2 Å². The highest BCUT2D eigenvalue weighted by molar-refractivity contribution is 5.53. The number of hydrogen-bond acceptors (Lipinski definition) is 3. The van der Waals surface area contributed by atoms with Crippen molar-refractivity contribution in [1.82, 2.24) is 4.98 Å². The number of rotatable bonds is 4. The molecule has 1 aromatic heterocycles. The van der Waals surface area contributed by atoms with Crippen molar-refractivity contribution in [3.63, 3.8) is 0 Å². The van der Waals surface area contributed by atoms with Crippen LogP contribution in [0.2, 0.25) is 0 Å². The average Bonchev–Trinajstić information content (AvgIpc) is 2.75. The molecule has 2 rings (SSSR count). The lowest BCUT2D eigenvalue weighted by molar-refractivity contribution is 0.279. The molecule has 88 valence electrons. The van der Waals surface area contributed by atoms with Gasteiger partial charge in [0.05, 0.1) is 0 Å². The van der Waals surface area contributed by atoms with Crippen LogP contribution in [0.25, 0.3) is 0 Å². The topological polar surface area (TPSA) is 36.4 Å². The molecule has 1 saturated heterocycles. The molecule has 1 aliphatic heterocycles. The highest BCUT2D eigenvalue weighted by atomic mass is 16.2. The Bertz CT molecular complexity index is 340. The molecule has 1 aromatic rings. The third kappa shape index (κ3) is 2.35.